The average molecular weight is 490 g/mol. The predicted octanol–water partition coefficient (Wildman–Crippen LogP) is 2.78. The third kappa shape index (κ3) is 5.47. The number of hydrazine groups is 1. The fraction of sp³-hybridized carbons (Fsp3) is 1.00. The molecule has 2 aliphatic carbocycles. The van der Waals surface area contributed by atoms with Gasteiger partial charge in [0.25, 0.3) is 0 Å². The van der Waals surface area contributed by atoms with Crippen LogP contribution in [0, 0.1) is 29.6 Å². The van der Waals surface area contributed by atoms with Crippen LogP contribution < -0.4 is 16.1 Å². The zero-order chi connectivity index (χ0) is 23.6. The van der Waals surface area contributed by atoms with Gasteiger partial charge in [0, 0.05) is 57.3 Å². The van der Waals surface area contributed by atoms with E-state index < -0.39 is 0 Å². The summed E-state index contributed by atoms with van der Waals surface area (Å²) in [5.74, 6) is 4.09. The summed E-state index contributed by atoms with van der Waals surface area (Å²) in [7, 11) is 0. The van der Waals surface area contributed by atoms with Crippen molar-refractivity contribution in [1.82, 2.24) is 26.0 Å². The summed E-state index contributed by atoms with van der Waals surface area (Å²) in [6.45, 7) is 10.4. The first-order valence-corrected chi connectivity index (χ1v) is 15.2. The summed E-state index contributed by atoms with van der Waals surface area (Å²) in [6.07, 6.45) is 14.6. The maximum atomic E-state index is 5.87. The normalized spacial score (nSPS) is 44.1. The molecule has 8 unspecified atom stereocenters. The molecule has 2 saturated carbocycles. The van der Waals surface area contributed by atoms with Crippen molar-refractivity contribution in [1.29, 1.82) is 0 Å². The lowest BCUT2D eigenvalue weighted by molar-refractivity contribution is -0.0293. The van der Waals surface area contributed by atoms with Gasteiger partial charge in [-0.1, -0.05) is 19.3 Å². The SMILES string of the molecule is CCOC1CCC(C2CCC3NCC4C(C3C2)C(N2CCOCC2)NN4CC2CCCCC2)CN1. The Morgan fingerprint density at radius 3 is 2.49 bits per heavy atom. The summed E-state index contributed by atoms with van der Waals surface area (Å²) in [6, 6.07) is 1.34. The molecule has 4 heterocycles. The van der Waals surface area contributed by atoms with Gasteiger partial charge in [0.2, 0.25) is 0 Å². The molecule has 7 nitrogen and oxygen atoms in total. The number of fused-ring (bicyclic) bond motifs is 3. The Balaban J connectivity index is 1.16. The largest absolute Gasteiger partial charge is 0.379 e. The van der Waals surface area contributed by atoms with Gasteiger partial charge in [-0.3, -0.25) is 10.2 Å². The second-order valence-electron chi connectivity index (χ2n) is 12.5. The summed E-state index contributed by atoms with van der Waals surface area (Å²) in [4.78, 5) is 2.74. The molecule has 6 fully saturated rings. The minimum Gasteiger partial charge on any atom is -0.379 e. The number of hydrogen-bond donors (Lipinski definition) is 3. The lowest BCUT2D eigenvalue weighted by Gasteiger charge is -2.50. The van der Waals surface area contributed by atoms with Crippen LogP contribution in [0.2, 0.25) is 0 Å². The van der Waals surface area contributed by atoms with Crippen LogP contribution in [0.4, 0.5) is 0 Å². The summed E-state index contributed by atoms with van der Waals surface area (Å²) in [5, 5.41) is 10.5. The van der Waals surface area contributed by atoms with Crippen LogP contribution in [-0.2, 0) is 9.47 Å². The highest BCUT2D eigenvalue weighted by Gasteiger charge is 2.54. The molecule has 35 heavy (non-hydrogen) atoms. The van der Waals surface area contributed by atoms with E-state index in [1.807, 2.05) is 0 Å². The van der Waals surface area contributed by atoms with E-state index in [0.29, 0.717) is 18.2 Å². The van der Waals surface area contributed by atoms with Crippen LogP contribution in [0.15, 0.2) is 0 Å². The highest BCUT2D eigenvalue weighted by molar-refractivity contribution is 5.06. The van der Waals surface area contributed by atoms with Gasteiger partial charge in [0.05, 0.1) is 19.4 Å². The van der Waals surface area contributed by atoms with Gasteiger partial charge < -0.3 is 14.8 Å². The number of rotatable bonds is 6. The van der Waals surface area contributed by atoms with Gasteiger partial charge in [0.1, 0.15) is 6.23 Å². The summed E-state index contributed by atoms with van der Waals surface area (Å²) < 4.78 is 11.6. The number of piperidine rings is 2. The van der Waals surface area contributed by atoms with E-state index in [2.05, 4.69) is 32.9 Å². The summed E-state index contributed by atoms with van der Waals surface area (Å²) >= 11 is 0. The highest BCUT2D eigenvalue weighted by atomic mass is 16.5. The van der Waals surface area contributed by atoms with Crippen LogP contribution in [0.1, 0.15) is 71.1 Å². The third-order valence-corrected chi connectivity index (χ3v) is 10.6. The minimum atomic E-state index is 0.284. The molecule has 0 aromatic heterocycles. The zero-order valence-electron chi connectivity index (χ0n) is 22.1. The first-order chi connectivity index (χ1) is 17.3. The van der Waals surface area contributed by atoms with Crippen molar-refractivity contribution in [2.24, 2.45) is 29.6 Å². The fourth-order valence-corrected chi connectivity index (χ4v) is 8.77. The first kappa shape index (κ1) is 25.0. The Bertz CT molecular complexity index is 662. The predicted molar refractivity (Wildman–Crippen MR) is 139 cm³/mol. The topological polar surface area (TPSA) is 61.0 Å². The van der Waals surface area contributed by atoms with Gasteiger partial charge in [0.15, 0.2) is 0 Å². The van der Waals surface area contributed by atoms with Crippen molar-refractivity contribution >= 4 is 0 Å². The fourth-order valence-electron chi connectivity index (χ4n) is 8.77. The number of morpholine rings is 1. The number of nitrogens with zero attached hydrogens (tertiary/aromatic N) is 2. The molecule has 3 N–H and O–H groups in total. The number of ether oxygens (including phenoxy) is 2. The second-order valence-corrected chi connectivity index (χ2v) is 12.5. The van der Waals surface area contributed by atoms with E-state index in [1.165, 1.54) is 70.8 Å². The van der Waals surface area contributed by atoms with E-state index in [1.54, 1.807) is 0 Å². The van der Waals surface area contributed by atoms with E-state index in [9.17, 15) is 0 Å². The van der Waals surface area contributed by atoms with E-state index >= 15 is 0 Å². The van der Waals surface area contributed by atoms with Crippen molar-refractivity contribution in [3.63, 3.8) is 0 Å². The van der Waals surface area contributed by atoms with E-state index in [0.717, 1.165) is 75.6 Å². The molecule has 6 rings (SSSR count). The molecule has 4 aliphatic heterocycles. The van der Waals surface area contributed by atoms with Crippen LogP contribution >= 0.6 is 0 Å². The van der Waals surface area contributed by atoms with Crippen molar-refractivity contribution < 1.29 is 9.47 Å². The minimum absolute atomic E-state index is 0.284. The number of hydrogen-bond acceptors (Lipinski definition) is 7. The molecule has 0 aromatic carbocycles. The average Bonchev–Trinajstić information content (AvgIpc) is 3.29. The molecule has 0 bridgehead atoms. The van der Waals surface area contributed by atoms with Gasteiger partial charge in [-0.25, -0.2) is 10.4 Å². The zero-order valence-corrected chi connectivity index (χ0v) is 22.1. The molecular formula is C28H51N5O2. The van der Waals surface area contributed by atoms with Crippen molar-refractivity contribution in [2.45, 2.75) is 95.6 Å². The van der Waals surface area contributed by atoms with Crippen LogP contribution in [-0.4, -0.2) is 86.9 Å². The summed E-state index contributed by atoms with van der Waals surface area (Å²) in [5.41, 5.74) is 4.13. The Kier molecular flexibility index (Phi) is 8.31. The maximum absolute atomic E-state index is 5.87. The van der Waals surface area contributed by atoms with Gasteiger partial charge in [-0.2, -0.15) is 0 Å². The third-order valence-electron chi connectivity index (χ3n) is 10.6. The second kappa shape index (κ2) is 11.6. The Morgan fingerprint density at radius 1 is 0.886 bits per heavy atom. The monoisotopic (exact) mass is 489 g/mol. The molecule has 200 valence electrons. The van der Waals surface area contributed by atoms with Crippen molar-refractivity contribution in [3.8, 4) is 0 Å². The quantitative estimate of drug-likeness (QED) is 0.530. The van der Waals surface area contributed by atoms with Crippen LogP contribution in [0.3, 0.4) is 0 Å². The maximum Gasteiger partial charge on any atom is 0.108 e. The van der Waals surface area contributed by atoms with E-state index in [4.69, 9.17) is 9.47 Å². The highest BCUT2D eigenvalue weighted by Crippen LogP contribution is 2.46. The molecule has 8 atom stereocenters. The van der Waals surface area contributed by atoms with E-state index in [-0.39, 0.29) is 6.23 Å². The van der Waals surface area contributed by atoms with Gasteiger partial charge in [-0.05, 0) is 75.5 Å². The lowest BCUT2D eigenvalue weighted by Crippen LogP contribution is -2.61. The molecule has 0 amide bonds. The van der Waals surface area contributed by atoms with Crippen molar-refractivity contribution in [2.75, 3.05) is 52.5 Å². The Hall–Kier alpha value is -0.280. The molecule has 0 aromatic rings. The molecule has 0 radical (unpaired) electrons. The smallest absolute Gasteiger partial charge is 0.108 e. The van der Waals surface area contributed by atoms with Gasteiger partial charge in [-0.15, -0.1) is 0 Å². The lowest BCUT2D eigenvalue weighted by atomic mass is 9.64. The van der Waals surface area contributed by atoms with Gasteiger partial charge >= 0.3 is 0 Å². The molecule has 6 aliphatic rings. The molecule has 0 spiro atoms. The van der Waals surface area contributed by atoms with Crippen LogP contribution in [0.25, 0.3) is 0 Å². The number of nitrogens with one attached hydrogen (secondary N) is 3. The Morgan fingerprint density at radius 2 is 1.71 bits per heavy atom. The molecule has 7 heteroatoms. The molecular weight excluding hydrogens is 438 g/mol. The van der Waals surface area contributed by atoms with Crippen LogP contribution in [0.5, 0.6) is 0 Å². The standard InChI is InChI=1S/C28H51N5O2/c1-2-35-26-11-9-22(17-30-26)21-8-10-24-23(16-21)27-25(18-29-24)33(19-20-6-4-3-5-7-20)31-28(27)32-12-14-34-15-13-32/h20-31H,2-19H2,1H3. The Labute approximate surface area is 213 Å². The first-order valence-electron chi connectivity index (χ1n) is 15.2. The van der Waals surface area contributed by atoms with Crippen molar-refractivity contribution in [3.05, 3.63) is 0 Å². The molecule has 4 saturated heterocycles.